The second kappa shape index (κ2) is 13.2. The van der Waals surface area contributed by atoms with Crippen molar-refractivity contribution >= 4 is 29.6 Å². The highest BCUT2D eigenvalue weighted by molar-refractivity contribution is 7.99. The molecule has 1 heterocycles. The summed E-state index contributed by atoms with van der Waals surface area (Å²) in [5.74, 6) is 0.787. The van der Waals surface area contributed by atoms with Gasteiger partial charge in [0.15, 0.2) is 16.7 Å². The minimum Gasteiger partial charge on any atom is -0.493 e. The lowest BCUT2D eigenvalue weighted by Crippen LogP contribution is -2.19. The van der Waals surface area contributed by atoms with Crippen LogP contribution in [0.2, 0.25) is 0 Å². The highest BCUT2D eigenvalue weighted by Crippen LogP contribution is 2.34. The van der Waals surface area contributed by atoms with E-state index in [0.29, 0.717) is 34.2 Å². The van der Waals surface area contributed by atoms with Gasteiger partial charge in [0.1, 0.15) is 6.61 Å². The van der Waals surface area contributed by atoms with E-state index in [2.05, 4.69) is 27.1 Å². The van der Waals surface area contributed by atoms with E-state index >= 15 is 0 Å². The predicted octanol–water partition coefficient (Wildman–Crippen LogP) is 4.56. The van der Waals surface area contributed by atoms with Crippen LogP contribution in [0.25, 0.3) is 0 Å². The molecule has 0 unspecified atom stereocenters. The first-order valence-electron chi connectivity index (χ1n) is 11.2. The third-order valence-corrected chi connectivity index (χ3v) is 5.79. The molecule has 2 aromatic carbocycles. The van der Waals surface area contributed by atoms with Crippen LogP contribution in [0.1, 0.15) is 28.1 Å². The molecule has 0 radical (unpaired) electrons. The summed E-state index contributed by atoms with van der Waals surface area (Å²) in [5.41, 5.74) is 6.30. The van der Waals surface area contributed by atoms with E-state index in [9.17, 15) is 14.9 Å². The molecule has 192 valence electrons. The van der Waals surface area contributed by atoms with Gasteiger partial charge in [0.2, 0.25) is 0 Å². The number of nitro groups is 1. The third kappa shape index (κ3) is 8.14. The summed E-state index contributed by atoms with van der Waals surface area (Å²) in [6.45, 7) is 7.67. The summed E-state index contributed by atoms with van der Waals surface area (Å²) < 4.78 is 11.5. The number of aromatic nitrogens is 2. The Bertz CT molecular complexity index is 1310. The van der Waals surface area contributed by atoms with Gasteiger partial charge in [0, 0.05) is 29.1 Å². The molecule has 11 heteroatoms. The molecule has 0 saturated heterocycles. The molecule has 0 aliphatic rings. The lowest BCUT2D eigenvalue weighted by atomic mass is 10.1. The minimum atomic E-state index is -0.448. The maximum atomic E-state index is 12.2. The number of carbonyl (C=O) groups is 1. The molecular weight excluding hydrogens is 494 g/mol. The molecule has 1 N–H and O–H groups in total. The molecule has 1 amide bonds. The normalized spacial score (nSPS) is 10.8. The van der Waals surface area contributed by atoms with E-state index in [0.717, 1.165) is 17.0 Å². The number of allylic oxidation sites excluding steroid dienone is 1. The van der Waals surface area contributed by atoms with Crippen molar-refractivity contribution in [3.63, 3.8) is 0 Å². The van der Waals surface area contributed by atoms with Crippen LogP contribution in [0.5, 0.6) is 11.5 Å². The molecule has 0 atom stereocenters. The number of ether oxygens (including phenoxy) is 2. The number of aryl methyl sites for hydroxylation is 2. The number of amides is 1. The zero-order valence-electron chi connectivity index (χ0n) is 20.8. The fourth-order valence-electron chi connectivity index (χ4n) is 3.40. The Hall–Kier alpha value is -4.25. The van der Waals surface area contributed by atoms with E-state index in [-0.39, 0.29) is 24.0 Å². The van der Waals surface area contributed by atoms with Gasteiger partial charge < -0.3 is 9.47 Å². The second-order valence-corrected chi connectivity index (χ2v) is 8.88. The van der Waals surface area contributed by atoms with E-state index in [4.69, 9.17) is 9.47 Å². The highest BCUT2D eigenvalue weighted by Gasteiger charge is 2.14. The summed E-state index contributed by atoms with van der Waals surface area (Å²) in [6.07, 6.45) is 3.72. The monoisotopic (exact) mass is 521 g/mol. The van der Waals surface area contributed by atoms with Crippen molar-refractivity contribution in [3.8, 4) is 11.5 Å². The molecule has 37 heavy (non-hydrogen) atoms. The van der Waals surface area contributed by atoms with Crippen molar-refractivity contribution in [2.24, 2.45) is 5.10 Å². The van der Waals surface area contributed by atoms with Gasteiger partial charge in [0.05, 0.1) is 24.0 Å². The molecule has 0 aliphatic carbocycles. The van der Waals surface area contributed by atoms with E-state index in [1.165, 1.54) is 37.2 Å². The molecule has 0 saturated carbocycles. The number of hydrogen-bond acceptors (Lipinski definition) is 9. The summed E-state index contributed by atoms with van der Waals surface area (Å²) >= 11 is 1.23. The van der Waals surface area contributed by atoms with Crippen molar-refractivity contribution in [1.29, 1.82) is 0 Å². The maximum Gasteiger partial charge on any atom is 0.269 e. The minimum absolute atomic E-state index is 0.00657. The average Bonchev–Trinajstić information content (AvgIpc) is 2.86. The molecule has 0 spiro atoms. The molecule has 0 bridgehead atoms. The van der Waals surface area contributed by atoms with Gasteiger partial charge in [0.25, 0.3) is 11.6 Å². The number of carbonyl (C=O) groups excluding carboxylic acids is 1. The summed E-state index contributed by atoms with van der Waals surface area (Å²) in [6, 6.07) is 11.7. The van der Waals surface area contributed by atoms with Crippen molar-refractivity contribution in [2.45, 2.75) is 32.0 Å². The van der Waals surface area contributed by atoms with Gasteiger partial charge in [-0.25, -0.2) is 15.4 Å². The number of thioether (sulfide) groups is 1. The number of rotatable bonds is 12. The molecule has 0 fully saturated rings. The topological polar surface area (TPSA) is 129 Å². The number of methoxy groups -OCH3 is 1. The molecular formula is C26H27N5O5S. The summed E-state index contributed by atoms with van der Waals surface area (Å²) in [4.78, 5) is 31.4. The number of hydrogen-bond donors (Lipinski definition) is 1. The van der Waals surface area contributed by atoms with Gasteiger partial charge in [-0.1, -0.05) is 30.0 Å². The Kier molecular flexibility index (Phi) is 9.73. The van der Waals surface area contributed by atoms with Gasteiger partial charge in [-0.05, 0) is 49.6 Å². The van der Waals surface area contributed by atoms with Crippen molar-refractivity contribution < 1.29 is 19.2 Å². The van der Waals surface area contributed by atoms with Crippen LogP contribution in [0.4, 0.5) is 5.69 Å². The van der Waals surface area contributed by atoms with Gasteiger partial charge in [-0.15, -0.1) is 6.58 Å². The Morgan fingerprint density at radius 3 is 2.65 bits per heavy atom. The van der Waals surface area contributed by atoms with Crippen molar-refractivity contribution in [1.82, 2.24) is 15.4 Å². The molecule has 0 aliphatic heterocycles. The molecule has 10 nitrogen and oxygen atoms in total. The van der Waals surface area contributed by atoms with Crippen LogP contribution in [-0.4, -0.2) is 39.9 Å². The highest BCUT2D eigenvalue weighted by atomic mass is 32.2. The first-order chi connectivity index (χ1) is 17.8. The molecule has 3 rings (SSSR count). The van der Waals surface area contributed by atoms with Crippen LogP contribution < -0.4 is 14.9 Å². The number of nitrogens with zero attached hydrogens (tertiary/aromatic N) is 4. The number of nitro benzene ring substituents is 1. The largest absolute Gasteiger partial charge is 0.493 e. The maximum absolute atomic E-state index is 12.2. The van der Waals surface area contributed by atoms with Gasteiger partial charge >= 0.3 is 0 Å². The average molecular weight is 522 g/mol. The van der Waals surface area contributed by atoms with Crippen LogP contribution in [-0.2, 0) is 17.8 Å². The van der Waals surface area contributed by atoms with E-state index < -0.39 is 4.92 Å². The Morgan fingerprint density at radius 2 is 1.97 bits per heavy atom. The fraction of sp³-hybridized carbons (Fsp3) is 0.231. The first kappa shape index (κ1) is 27.3. The lowest BCUT2D eigenvalue weighted by molar-refractivity contribution is -0.384. The first-order valence-corrected chi connectivity index (χ1v) is 12.2. The second-order valence-electron chi connectivity index (χ2n) is 7.94. The number of hydrazone groups is 1. The number of non-ortho nitro benzene ring substituents is 1. The quantitative estimate of drug-likeness (QED) is 0.0917. The van der Waals surface area contributed by atoms with Gasteiger partial charge in [-0.3, -0.25) is 14.9 Å². The zero-order valence-corrected chi connectivity index (χ0v) is 21.6. The SMILES string of the molecule is C=CCc1cc(/C=N\NC(=O)CSc2nc(C)cc(C)n2)cc(OC)c1OCc1cccc([N+](=O)[O-])c1. The van der Waals surface area contributed by atoms with Crippen molar-refractivity contribution in [3.05, 3.63) is 93.3 Å². The Balaban J connectivity index is 1.68. The lowest BCUT2D eigenvalue weighted by Gasteiger charge is -2.16. The van der Waals surface area contributed by atoms with Crippen molar-refractivity contribution in [2.75, 3.05) is 12.9 Å². The smallest absolute Gasteiger partial charge is 0.269 e. The number of benzene rings is 2. The third-order valence-electron chi connectivity index (χ3n) is 4.94. The standard InChI is InChI=1S/C26H27N5O5S/c1-5-7-21-11-20(14-27-30-24(32)16-37-26-28-17(2)10-18(3)29-26)13-23(35-4)25(21)36-15-19-8-6-9-22(12-19)31(33)34/h5-6,8-14H,1,7,15-16H2,2-4H3,(H,30,32)/b27-14-. The van der Waals surface area contributed by atoms with Crippen LogP contribution in [0.15, 0.2) is 65.4 Å². The van der Waals surface area contributed by atoms with Crippen LogP contribution in [0.3, 0.4) is 0 Å². The number of nitrogens with one attached hydrogen (secondary N) is 1. The predicted molar refractivity (Wildman–Crippen MR) is 142 cm³/mol. The van der Waals surface area contributed by atoms with Crippen LogP contribution >= 0.6 is 11.8 Å². The summed E-state index contributed by atoms with van der Waals surface area (Å²) in [5, 5.41) is 15.6. The zero-order chi connectivity index (χ0) is 26.8. The Morgan fingerprint density at radius 1 is 1.22 bits per heavy atom. The fourth-order valence-corrected chi connectivity index (χ4v) is 4.14. The van der Waals surface area contributed by atoms with E-state index in [1.807, 2.05) is 26.0 Å². The molecule has 3 aromatic rings. The van der Waals surface area contributed by atoms with Crippen LogP contribution in [0, 0.1) is 24.0 Å². The summed E-state index contributed by atoms with van der Waals surface area (Å²) in [7, 11) is 1.52. The van der Waals surface area contributed by atoms with Gasteiger partial charge in [-0.2, -0.15) is 5.10 Å². The Labute approximate surface area is 219 Å². The van der Waals surface area contributed by atoms with E-state index in [1.54, 1.807) is 24.3 Å². The molecule has 1 aromatic heterocycles.